The normalized spacial score (nSPS) is 15.6. The second-order valence-corrected chi connectivity index (χ2v) is 21.5. The topological polar surface area (TPSA) is 99.4 Å². The van der Waals surface area contributed by atoms with Crippen molar-refractivity contribution >= 4 is 35.3 Å². The van der Waals surface area contributed by atoms with Crippen LogP contribution in [0.15, 0.2) is 95.7 Å². The molecule has 0 spiro atoms. The van der Waals surface area contributed by atoms with Crippen molar-refractivity contribution in [2.24, 2.45) is 11.3 Å². The van der Waals surface area contributed by atoms with Crippen molar-refractivity contribution in [2.75, 3.05) is 0 Å². The predicted octanol–water partition coefficient (Wildman–Crippen LogP) is 12.0. The molecule has 295 valence electrons. The third-order valence-electron chi connectivity index (χ3n) is 9.92. The Hall–Kier alpha value is -5.24. The van der Waals surface area contributed by atoms with Crippen LogP contribution in [0.5, 0.6) is 0 Å². The molecule has 1 radical (unpaired) electrons. The van der Waals surface area contributed by atoms with Crippen LogP contribution in [-0.4, -0.2) is 23.0 Å². The van der Waals surface area contributed by atoms with Crippen molar-refractivity contribution in [1.82, 2.24) is 15.0 Å². The van der Waals surface area contributed by atoms with Gasteiger partial charge in [0.25, 0.3) is 0 Å². The Labute approximate surface area is 367 Å². The van der Waals surface area contributed by atoms with Gasteiger partial charge in [0.05, 0.1) is 19.4 Å². The first-order chi connectivity index (χ1) is 30.1. The molecule has 6 nitrogen and oxygen atoms in total. The van der Waals surface area contributed by atoms with Gasteiger partial charge in [0, 0.05) is 65.2 Å². The molecule has 8 heteroatoms. The first-order valence-electron chi connectivity index (χ1n) is 22.7. The quantitative estimate of drug-likeness (QED) is 0.117. The van der Waals surface area contributed by atoms with Crippen LogP contribution in [0.2, 0.25) is 19.6 Å². The number of hydrogen-bond donors (Lipinski definition) is 0. The zero-order valence-electron chi connectivity index (χ0n) is 40.5. The average molecular weight is 963 g/mol. The fourth-order valence-electron chi connectivity index (χ4n) is 7.11. The maximum Gasteiger partial charge on any atom is 0.216 e. The minimum Gasteiger partial charge on any atom is -0.486 e. The summed E-state index contributed by atoms with van der Waals surface area (Å²) in [4.78, 5) is 13.8. The summed E-state index contributed by atoms with van der Waals surface area (Å²) in [6, 6.07) is 33.8. The van der Waals surface area contributed by atoms with Gasteiger partial charge in [-0.05, 0) is 81.7 Å². The standard InChI is InChI=1S/C30H24N3O.C20H25N2Si.Ir/c1-19-15-27(32-18-23(19)16-20-7-5-6-8-20)24-12-11-22(17-31)28-25-13-14-26(21-9-3-2-4-10-21)33-30(25)34-29(24)28;1-20(2,3)12-17-11-18(22-14-19(17)23(4,5)6)16-9-7-15(13-21)8-10-16;/h2-4,9-11,13-15,18,20H,5-8,16H2,1H3;7-9,11,14H,12H2,1-6H3;/q2*-1;/i1D3,16D2;12D2;. The molecule has 3 aromatic carbocycles. The molecule has 0 aliphatic heterocycles. The number of rotatable bonds is 7. The number of aryl methyl sites for hydroxylation is 1. The van der Waals surface area contributed by atoms with Crippen molar-refractivity contribution in [3.8, 4) is 45.9 Å². The first-order valence-corrected chi connectivity index (χ1v) is 22.7. The minimum atomic E-state index is -2.55. The van der Waals surface area contributed by atoms with Gasteiger partial charge in [-0.25, -0.2) is 15.5 Å². The summed E-state index contributed by atoms with van der Waals surface area (Å²) in [5.74, 6) is -0.250. The molecule has 4 aromatic heterocycles. The Morgan fingerprint density at radius 2 is 1.64 bits per heavy atom. The molecule has 1 aliphatic rings. The average Bonchev–Trinajstić information content (AvgIpc) is 3.95. The maximum atomic E-state index is 9.82. The number of fused-ring (bicyclic) bond motifs is 3. The molecule has 7 aromatic rings. The molecular weight excluding hydrogens is 907 g/mol. The Morgan fingerprint density at radius 3 is 2.29 bits per heavy atom. The predicted molar refractivity (Wildman–Crippen MR) is 233 cm³/mol. The molecule has 1 fully saturated rings. The maximum absolute atomic E-state index is 9.82. The van der Waals surface area contributed by atoms with Crippen LogP contribution in [0.1, 0.15) is 83.9 Å². The third kappa shape index (κ3) is 9.54. The Kier molecular flexibility index (Phi) is 10.3. The molecule has 0 atom stereocenters. The van der Waals surface area contributed by atoms with E-state index in [2.05, 4.69) is 53.9 Å². The van der Waals surface area contributed by atoms with Gasteiger partial charge in [0.15, 0.2) is 0 Å². The van der Waals surface area contributed by atoms with Gasteiger partial charge >= 0.3 is 0 Å². The molecule has 4 heterocycles. The van der Waals surface area contributed by atoms with Crippen LogP contribution in [-0.2, 0) is 32.9 Å². The van der Waals surface area contributed by atoms with Gasteiger partial charge in [-0.3, -0.25) is 0 Å². The van der Waals surface area contributed by atoms with Crippen molar-refractivity contribution in [3.05, 3.63) is 131 Å². The molecule has 0 N–H and O–H groups in total. The van der Waals surface area contributed by atoms with Crippen LogP contribution in [0.25, 0.3) is 55.8 Å². The summed E-state index contributed by atoms with van der Waals surface area (Å²) in [6.07, 6.45) is 3.20. The van der Waals surface area contributed by atoms with E-state index >= 15 is 0 Å². The smallest absolute Gasteiger partial charge is 0.216 e. The number of benzene rings is 3. The summed E-state index contributed by atoms with van der Waals surface area (Å²) in [5.41, 5.74) is 5.56. The molecule has 1 saturated carbocycles. The molecule has 0 bridgehead atoms. The number of furan rings is 1. The van der Waals surface area contributed by atoms with Crippen LogP contribution in [0, 0.1) is 53.0 Å². The SMILES string of the molecule is [2H]C([2H])([2H])c1cc(-c2[c-]cc(C#N)c3c2oc2nc(-c4ccccc4)ccc23)ncc1C([2H])([2H])C1CCCC1.[2H]C([2H])(c1cc(-c2[c-]cc(C#N)cc2)ncc1[Si](C)(C)C)C(C)(C)C.[Ir]. The van der Waals surface area contributed by atoms with Gasteiger partial charge < -0.3 is 14.4 Å². The van der Waals surface area contributed by atoms with Crippen LogP contribution < -0.4 is 5.19 Å². The first kappa shape index (κ1) is 33.7. The number of pyridine rings is 3. The molecule has 8 rings (SSSR count). The number of hydrogen-bond acceptors (Lipinski definition) is 6. The largest absolute Gasteiger partial charge is 0.486 e. The van der Waals surface area contributed by atoms with Crippen molar-refractivity contribution in [3.63, 3.8) is 0 Å². The summed E-state index contributed by atoms with van der Waals surface area (Å²) in [6.45, 7) is 9.85. The zero-order chi connectivity index (χ0) is 46.4. The Balaban J connectivity index is 0.000000234. The molecule has 58 heavy (non-hydrogen) atoms. The van der Waals surface area contributed by atoms with E-state index in [0.29, 0.717) is 50.1 Å². The second kappa shape index (κ2) is 17.7. The summed E-state index contributed by atoms with van der Waals surface area (Å²) < 4.78 is 66.0. The van der Waals surface area contributed by atoms with Gasteiger partial charge in [-0.1, -0.05) is 125 Å². The van der Waals surface area contributed by atoms with E-state index in [1.807, 2.05) is 81.6 Å². The molecule has 0 saturated heterocycles. The van der Waals surface area contributed by atoms with Crippen LogP contribution in [0.3, 0.4) is 0 Å². The van der Waals surface area contributed by atoms with Gasteiger partial charge in [0.2, 0.25) is 5.71 Å². The summed E-state index contributed by atoms with van der Waals surface area (Å²) in [5, 5.41) is 21.0. The fourth-order valence-corrected chi connectivity index (χ4v) is 8.51. The Morgan fingerprint density at radius 1 is 0.879 bits per heavy atom. The Bertz CT molecular complexity index is 2940. The van der Waals surface area contributed by atoms with E-state index < -0.39 is 33.1 Å². The van der Waals surface area contributed by atoms with E-state index in [1.165, 1.54) is 12.3 Å². The monoisotopic (exact) mass is 963 g/mol. The number of aromatic nitrogens is 3. The molecular formula is C50H49IrN5OSi-2. The van der Waals surface area contributed by atoms with Crippen molar-refractivity contribution < 1.29 is 34.1 Å². The molecule has 0 unspecified atom stereocenters. The van der Waals surface area contributed by atoms with E-state index in [0.717, 1.165) is 47.6 Å². The molecule has 1 aliphatic carbocycles. The van der Waals surface area contributed by atoms with E-state index in [1.54, 1.807) is 18.2 Å². The summed E-state index contributed by atoms with van der Waals surface area (Å²) in [7, 11) is -1.76. The van der Waals surface area contributed by atoms with Crippen molar-refractivity contribution in [2.45, 2.75) is 85.7 Å². The fraction of sp³-hybridized carbons (Fsp3) is 0.300. The zero-order valence-corrected chi connectivity index (χ0v) is 36.9. The third-order valence-corrected chi connectivity index (χ3v) is 11.9. The summed E-state index contributed by atoms with van der Waals surface area (Å²) >= 11 is 0. The van der Waals surface area contributed by atoms with Crippen molar-refractivity contribution in [1.29, 1.82) is 10.5 Å². The van der Waals surface area contributed by atoms with E-state index in [9.17, 15) is 5.26 Å². The van der Waals surface area contributed by atoms with E-state index in [-0.39, 0.29) is 42.8 Å². The molecule has 0 amide bonds. The minimum absolute atomic E-state index is 0. The number of nitrogens with zero attached hydrogens (tertiary/aromatic N) is 5. The van der Waals surface area contributed by atoms with Crippen LogP contribution in [0.4, 0.5) is 0 Å². The van der Waals surface area contributed by atoms with Gasteiger partial charge in [-0.15, -0.1) is 42.0 Å². The van der Waals surface area contributed by atoms with E-state index in [4.69, 9.17) is 24.3 Å². The van der Waals surface area contributed by atoms with Gasteiger partial charge in [0.1, 0.15) is 0 Å². The van der Waals surface area contributed by atoms with Crippen LogP contribution >= 0.6 is 0 Å². The van der Waals surface area contributed by atoms with Gasteiger partial charge in [-0.2, -0.15) is 0 Å². The number of nitriles is 2. The second-order valence-electron chi connectivity index (χ2n) is 16.5.